The first-order valence-electron chi connectivity index (χ1n) is 10.1. The largest absolute Gasteiger partial charge is 0.348 e. The van der Waals surface area contributed by atoms with Crippen molar-refractivity contribution in [2.75, 3.05) is 0 Å². The summed E-state index contributed by atoms with van der Waals surface area (Å²) >= 11 is 0. The van der Waals surface area contributed by atoms with Crippen LogP contribution in [0, 0.1) is 0 Å². The molecule has 0 radical (unpaired) electrons. The summed E-state index contributed by atoms with van der Waals surface area (Å²) in [5, 5.41) is 28.2. The Hall–Kier alpha value is -4.74. The molecule has 0 fully saturated rings. The first-order valence-corrected chi connectivity index (χ1v) is 10.1. The van der Waals surface area contributed by atoms with Crippen molar-refractivity contribution in [3.63, 3.8) is 0 Å². The highest BCUT2D eigenvalue weighted by Gasteiger charge is 2.13. The van der Waals surface area contributed by atoms with Crippen LogP contribution < -0.4 is 10.6 Å². The number of carbonyl (C=O) groups excluding carboxylic acids is 2. The van der Waals surface area contributed by atoms with Gasteiger partial charge in [-0.05, 0) is 63.2 Å². The number of carbonyl (C=O) groups is 2. The molecule has 1 aromatic carbocycles. The zero-order chi connectivity index (χ0) is 22.8. The van der Waals surface area contributed by atoms with Crippen LogP contribution in [0.1, 0.15) is 44.8 Å². The van der Waals surface area contributed by atoms with E-state index in [1.54, 1.807) is 36.7 Å². The van der Waals surface area contributed by atoms with Crippen LogP contribution in [0.25, 0.3) is 11.3 Å². The van der Waals surface area contributed by atoms with E-state index in [1.807, 2.05) is 31.2 Å². The molecule has 2 N–H and O–H groups in total. The predicted molar refractivity (Wildman–Crippen MR) is 115 cm³/mol. The third-order valence-corrected chi connectivity index (χ3v) is 5.19. The van der Waals surface area contributed by atoms with Gasteiger partial charge in [-0.3, -0.25) is 9.59 Å². The summed E-state index contributed by atoms with van der Waals surface area (Å²) in [4.78, 5) is 25.0. The molecule has 12 nitrogen and oxygen atoms in total. The minimum absolute atomic E-state index is 0.214. The van der Waals surface area contributed by atoms with Gasteiger partial charge in [-0.2, -0.15) is 9.03 Å². The average Bonchev–Trinajstić information content (AvgIpc) is 3.51. The number of nitrogens with one attached hydrogen (secondary N) is 2. The molecule has 0 saturated heterocycles. The molecule has 1 atom stereocenters. The number of benzene rings is 1. The molecule has 0 aliphatic heterocycles. The first kappa shape index (κ1) is 20.2. The van der Waals surface area contributed by atoms with Crippen molar-refractivity contribution >= 4 is 23.1 Å². The Labute approximate surface area is 186 Å². The summed E-state index contributed by atoms with van der Waals surface area (Å²) in [7, 11) is 0. The van der Waals surface area contributed by atoms with Gasteiger partial charge in [0.15, 0.2) is 11.3 Å². The molecule has 0 aliphatic rings. The van der Waals surface area contributed by atoms with Crippen LogP contribution >= 0.6 is 0 Å². The monoisotopic (exact) mass is 442 g/mol. The van der Waals surface area contributed by atoms with E-state index >= 15 is 0 Å². The molecule has 33 heavy (non-hydrogen) atoms. The van der Waals surface area contributed by atoms with E-state index < -0.39 is 0 Å². The van der Waals surface area contributed by atoms with Crippen LogP contribution in [0.4, 0.5) is 0 Å². The lowest BCUT2D eigenvalue weighted by molar-refractivity contribution is 0.0934. The number of hydrogen-bond acceptors (Lipinski definition) is 8. The Morgan fingerprint density at radius 3 is 2.00 bits per heavy atom. The van der Waals surface area contributed by atoms with Crippen molar-refractivity contribution < 1.29 is 9.59 Å². The maximum Gasteiger partial charge on any atom is 0.253 e. The minimum Gasteiger partial charge on any atom is -0.348 e. The highest BCUT2D eigenvalue weighted by atomic mass is 16.2. The third kappa shape index (κ3) is 4.21. The van der Waals surface area contributed by atoms with Gasteiger partial charge in [-0.25, -0.2) is 0 Å². The van der Waals surface area contributed by atoms with Gasteiger partial charge < -0.3 is 10.6 Å². The van der Waals surface area contributed by atoms with E-state index in [9.17, 15) is 9.59 Å². The molecule has 0 saturated carbocycles. The second-order valence-corrected chi connectivity index (χ2v) is 7.42. The van der Waals surface area contributed by atoms with Crippen molar-refractivity contribution in [2.45, 2.75) is 19.5 Å². The fourth-order valence-corrected chi connectivity index (χ4v) is 3.32. The molecule has 0 bridgehead atoms. The van der Waals surface area contributed by atoms with Gasteiger partial charge in [0.05, 0.1) is 17.2 Å². The van der Waals surface area contributed by atoms with Gasteiger partial charge in [0.1, 0.15) is 0 Å². The van der Waals surface area contributed by atoms with Gasteiger partial charge in [-0.1, -0.05) is 24.3 Å². The second kappa shape index (κ2) is 8.42. The zero-order valence-electron chi connectivity index (χ0n) is 17.5. The molecule has 0 spiro atoms. The maximum atomic E-state index is 12.6. The van der Waals surface area contributed by atoms with Crippen molar-refractivity contribution in [1.82, 2.24) is 50.7 Å². The highest BCUT2D eigenvalue weighted by molar-refractivity contribution is 5.94. The molecule has 4 heterocycles. The second-order valence-electron chi connectivity index (χ2n) is 7.42. The SMILES string of the molecule is CC(NC(=O)c1ccc2nnnn2c1)c1ccc(CNC(=O)c2ccc3nnnn3c2)cc1. The summed E-state index contributed by atoms with van der Waals surface area (Å²) < 4.78 is 2.89. The van der Waals surface area contributed by atoms with Gasteiger partial charge >= 0.3 is 0 Å². The molecule has 4 aromatic heterocycles. The Balaban J connectivity index is 1.18. The Bertz CT molecular complexity index is 1460. The van der Waals surface area contributed by atoms with Crippen molar-refractivity contribution in [2.24, 2.45) is 0 Å². The topological polar surface area (TPSA) is 144 Å². The fraction of sp³-hybridized carbons (Fsp3) is 0.143. The van der Waals surface area contributed by atoms with Crippen LogP contribution in [0.15, 0.2) is 60.9 Å². The van der Waals surface area contributed by atoms with Crippen LogP contribution in [0.3, 0.4) is 0 Å². The van der Waals surface area contributed by atoms with Crippen LogP contribution in [-0.2, 0) is 6.54 Å². The Morgan fingerprint density at radius 2 is 1.39 bits per heavy atom. The molecule has 5 aromatic rings. The van der Waals surface area contributed by atoms with E-state index in [1.165, 1.54) is 9.03 Å². The average molecular weight is 442 g/mol. The summed E-state index contributed by atoms with van der Waals surface area (Å²) in [5.41, 5.74) is 3.92. The van der Waals surface area contributed by atoms with Crippen LogP contribution in [0.2, 0.25) is 0 Å². The maximum absolute atomic E-state index is 12.6. The third-order valence-electron chi connectivity index (χ3n) is 5.19. The normalized spacial score (nSPS) is 12.0. The lowest BCUT2D eigenvalue weighted by Gasteiger charge is -2.15. The predicted octanol–water partition coefficient (Wildman–Crippen LogP) is 0.983. The van der Waals surface area contributed by atoms with E-state index in [2.05, 4.69) is 41.7 Å². The highest BCUT2D eigenvalue weighted by Crippen LogP contribution is 2.15. The summed E-state index contributed by atoms with van der Waals surface area (Å²) in [6, 6.07) is 14.2. The molecule has 2 amide bonds. The molecular formula is C21H18N10O2. The summed E-state index contributed by atoms with van der Waals surface area (Å²) in [6.45, 7) is 2.26. The van der Waals surface area contributed by atoms with E-state index in [4.69, 9.17) is 0 Å². The lowest BCUT2D eigenvalue weighted by atomic mass is 10.1. The number of hydrogen-bond donors (Lipinski definition) is 2. The van der Waals surface area contributed by atoms with Gasteiger partial charge in [0.25, 0.3) is 11.8 Å². The zero-order valence-corrected chi connectivity index (χ0v) is 17.5. The van der Waals surface area contributed by atoms with Crippen molar-refractivity contribution in [1.29, 1.82) is 0 Å². The Morgan fingerprint density at radius 1 is 0.818 bits per heavy atom. The smallest absolute Gasteiger partial charge is 0.253 e. The standard InChI is InChI=1S/C21H18N10O2/c1-13(23-21(33)17-7-9-19-25-27-29-31(19)12-17)15-4-2-14(3-5-15)10-22-20(32)16-6-8-18-24-26-28-30(18)11-16/h2-9,11-13H,10H2,1H3,(H,22,32)(H,23,33). The van der Waals surface area contributed by atoms with Gasteiger partial charge in [0, 0.05) is 18.9 Å². The van der Waals surface area contributed by atoms with E-state index in [-0.39, 0.29) is 17.9 Å². The number of rotatable bonds is 6. The molecule has 5 rings (SSSR count). The number of pyridine rings is 2. The summed E-state index contributed by atoms with van der Waals surface area (Å²) in [6.07, 6.45) is 3.16. The quantitative estimate of drug-likeness (QED) is 0.396. The van der Waals surface area contributed by atoms with Crippen LogP contribution in [-0.4, -0.2) is 51.9 Å². The number of tetrazole rings is 2. The van der Waals surface area contributed by atoms with Gasteiger partial charge in [-0.15, -0.1) is 10.2 Å². The molecular weight excluding hydrogens is 424 g/mol. The van der Waals surface area contributed by atoms with Crippen molar-refractivity contribution in [3.05, 3.63) is 83.2 Å². The molecule has 1 unspecified atom stereocenters. The Kier molecular flexibility index (Phi) is 5.15. The number of aromatic nitrogens is 8. The minimum atomic E-state index is -0.226. The molecule has 12 heteroatoms. The van der Waals surface area contributed by atoms with E-state index in [0.717, 1.165) is 11.1 Å². The van der Waals surface area contributed by atoms with E-state index in [0.29, 0.717) is 29.0 Å². The lowest BCUT2D eigenvalue weighted by Crippen LogP contribution is -2.27. The number of fused-ring (bicyclic) bond motifs is 2. The fourth-order valence-electron chi connectivity index (χ4n) is 3.32. The van der Waals surface area contributed by atoms with Crippen molar-refractivity contribution in [3.8, 4) is 0 Å². The number of amides is 2. The molecule has 164 valence electrons. The molecule has 0 aliphatic carbocycles. The first-order chi connectivity index (χ1) is 16.1. The van der Waals surface area contributed by atoms with Gasteiger partial charge in [0.2, 0.25) is 0 Å². The summed E-state index contributed by atoms with van der Waals surface area (Å²) in [5.74, 6) is -0.451. The number of nitrogens with zero attached hydrogens (tertiary/aromatic N) is 8. The van der Waals surface area contributed by atoms with Crippen LogP contribution in [0.5, 0.6) is 0 Å².